The summed E-state index contributed by atoms with van der Waals surface area (Å²) in [6.45, 7) is 5.31. The second-order valence-electron chi connectivity index (χ2n) is 8.30. The van der Waals surface area contributed by atoms with Crippen LogP contribution in [0.2, 0.25) is 0 Å². The van der Waals surface area contributed by atoms with E-state index in [1.165, 1.54) is 11.1 Å². The number of nitrogens with zero attached hydrogens (tertiary/aromatic N) is 4. The van der Waals surface area contributed by atoms with Gasteiger partial charge in [-0.2, -0.15) is 0 Å². The molecule has 1 aromatic heterocycles. The van der Waals surface area contributed by atoms with Crippen LogP contribution in [0.1, 0.15) is 24.0 Å². The first-order valence-corrected chi connectivity index (χ1v) is 11.4. The molecule has 1 N–H and O–H groups in total. The zero-order chi connectivity index (χ0) is 22.0. The molecule has 2 heterocycles. The fourth-order valence-corrected chi connectivity index (χ4v) is 4.31. The highest BCUT2D eigenvalue weighted by Gasteiger charge is 2.26. The van der Waals surface area contributed by atoms with Crippen LogP contribution in [-0.2, 0) is 13.0 Å². The molecule has 168 valence electrons. The van der Waals surface area contributed by atoms with Crippen molar-refractivity contribution in [1.82, 2.24) is 19.8 Å². The molecular weight excluding hydrogens is 400 g/mol. The molecule has 4 rings (SSSR count). The van der Waals surface area contributed by atoms with Crippen molar-refractivity contribution in [2.24, 2.45) is 0 Å². The Hall–Kier alpha value is -2.80. The molecule has 0 saturated carbocycles. The minimum atomic E-state index is 0.237. The highest BCUT2D eigenvalue weighted by atomic mass is 16.5. The number of hydrogen-bond acceptors (Lipinski definition) is 6. The van der Waals surface area contributed by atoms with E-state index in [4.69, 9.17) is 4.74 Å². The van der Waals surface area contributed by atoms with Gasteiger partial charge in [-0.05, 0) is 55.1 Å². The van der Waals surface area contributed by atoms with E-state index in [0.29, 0.717) is 12.1 Å². The van der Waals surface area contributed by atoms with Gasteiger partial charge in [0.2, 0.25) is 0 Å². The number of piperazine rings is 1. The molecule has 3 aromatic rings. The Morgan fingerprint density at radius 2 is 1.69 bits per heavy atom. The molecule has 1 atom stereocenters. The van der Waals surface area contributed by atoms with Gasteiger partial charge >= 0.3 is 6.01 Å². The lowest BCUT2D eigenvalue weighted by atomic mass is 10.1. The number of rotatable bonds is 10. The van der Waals surface area contributed by atoms with Gasteiger partial charge in [0, 0.05) is 51.2 Å². The van der Waals surface area contributed by atoms with Gasteiger partial charge in [-0.3, -0.25) is 9.80 Å². The van der Waals surface area contributed by atoms with Crippen LogP contribution < -0.4 is 4.74 Å². The number of hydrogen-bond donors (Lipinski definition) is 1. The van der Waals surface area contributed by atoms with Crippen LogP contribution in [0.5, 0.6) is 11.8 Å². The van der Waals surface area contributed by atoms with Crippen molar-refractivity contribution in [2.75, 3.05) is 32.8 Å². The summed E-state index contributed by atoms with van der Waals surface area (Å²) >= 11 is 0. The molecule has 32 heavy (non-hydrogen) atoms. The van der Waals surface area contributed by atoms with Crippen LogP contribution in [0.4, 0.5) is 0 Å². The van der Waals surface area contributed by atoms with Gasteiger partial charge in [0.15, 0.2) is 0 Å². The zero-order valence-electron chi connectivity index (χ0n) is 18.5. The van der Waals surface area contributed by atoms with E-state index >= 15 is 0 Å². The Morgan fingerprint density at radius 3 is 2.44 bits per heavy atom. The lowest BCUT2D eigenvalue weighted by molar-refractivity contribution is 0.0547. The Balaban J connectivity index is 1.26. The van der Waals surface area contributed by atoms with Crippen LogP contribution in [0.3, 0.4) is 0 Å². The first-order chi connectivity index (χ1) is 15.8. The Morgan fingerprint density at radius 1 is 0.906 bits per heavy atom. The summed E-state index contributed by atoms with van der Waals surface area (Å²) in [4.78, 5) is 13.2. The molecule has 2 aromatic carbocycles. The van der Waals surface area contributed by atoms with Gasteiger partial charge in [-0.1, -0.05) is 42.5 Å². The Labute approximate surface area is 190 Å². The largest absolute Gasteiger partial charge is 0.424 e. The molecule has 1 saturated heterocycles. The first-order valence-electron chi connectivity index (χ1n) is 11.4. The molecule has 0 radical (unpaired) electrons. The predicted molar refractivity (Wildman–Crippen MR) is 126 cm³/mol. The van der Waals surface area contributed by atoms with Gasteiger partial charge in [-0.25, -0.2) is 9.97 Å². The summed E-state index contributed by atoms with van der Waals surface area (Å²) < 4.78 is 5.69. The predicted octanol–water partition coefficient (Wildman–Crippen LogP) is 3.77. The number of aromatic nitrogens is 2. The summed E-state index contributed by atoms with van der Waals surface area (Å²) in [6, 6.07) is 21.4. The van der Waals surface area contributed by atoms with Crippen LogP contribution in [0.15, 0.2) is 73.1 Å². The van der Waals surface area contributed by atoms with Crippen molar-refractivity contribution in [3.05, 3.63) is 84.2 Å². The molecule has 1 aliphatic heterocycles. The SMILES string of the molecule is OCCC1CN(Cc2ccc(Oc3ncccn3)cc2)CCN1CCCc1ccccc1. The fourth-order valence-electron chi connectivity index (χ4n) is 4.31. The van der Waals surface area contributed by atoms with E-state index in [1.54, 1.807) is 18.5 Å². The second-order valence-corrected chi connectivity index (χ2v) is 8.30. The highest BCUT2D eigenvalue weighted by Crippen LogP contribution is 2.20. The third-order valence-corrected chi connectivity index (χ3v) is 5.99. The first kappa shape index (κ1) is 22.4. The standard InChI is InChI=1S/C26H32N4O2/c31-19-13-24-21-29(17-18-30(24)16-4-8-22-6-2-1-3-7-22)20-23-9-11-25(12-10-23)32-26-27-14-5-15-28-26/h1-3,5-7,9-12,14-15,24,31H,4,8,13,16-21H2. The van der Waals surface area contributed by atoms with Gasteiger partial charge in [-0.15, -0.1) is 0 Å². The molecule has 0 aliphatic carbocycles. The van der Waals surface area contributed by atoms with Gasteiger partial charge in [0.1, 0.15) is 5.75 Å². The molecule has 0 bridgehead atoms. The van der Waals surface area contributed by atoms with Crippen molar-refractivity contribution in [3.63, 3.8) is 0 Å². The minimum absolute atomic E-state index is 0.237. The number of benzene rings is 2. The fraction of sp³-hybridized carbons (Fsp3) is 0.385. The Kier molecular flexibility index (Phi) is 8.20. The summed E-state index contributed by atoms with van der Waals surface area (Å²) in [6.07, 6.45) is 6.42. The van der Waals surface area contributed by atoms with Gasteiger partial charge in [0.05, 0.1) is 0 Å². The van der Waals surface area contributed by atoms with Crippen molar-refractivity contribution in [3.8, 4) is 11.8 Å². The van der Waals surface area contributed by atoms with Crippen LogP contribution in [0.25, 0.3) is 0 Å². The Bertz CT molecular complexity index is 922. The van der Waals surface area contributed by atoms with E-state index in [-0.39, 0.29) is 6.61 Å². The third kappa shape index (κ3) is 6.60. The molecular formula is C26H32N4O2. The number of aryl methyl sites for hydroxylation is 1. The van der Waals surface area contributed by atoms with Crippen LogP contribution in [0, 0.1) is 0 Å². The van der Waals surface area contributed by atoms with Gasteiger partial charge < -0.3 is 9.84 Å². The lowest BCUT2D eigenvalue weighted by Crippen LogP contribution is -2.53. The maximum Gasteiger partial charge on any atom is 0.321 e. The van der Waals surface area contributed by atoms with E-state index in [1.807, 2.05) is 12.1 Å². The minimum Gasteiger partial charge on any atom is -0.424 e. The third-order valence-electron chi connectivity index (χ3n) is 5.99. The zero-order valence-corrected chi connectivity index (χ0v) is 18.5. The number of aliphatic hydroxyl groups is 1. The molecule has 1 aliphatic rings. The molecule has 1 fully saturated rings. The van der Waals surface area contributed by atoms with Crippen molar-refractivity contribution >= 4 is 0 Å². The van der Waals surface area contributed by atoms with E-state index in [9.17, 15) is 5.11 Å². The molecule has 6 heteroatoms. The summed E-state index contributed by atoms with van der Waals surface area (Å²) in [5.41, 5.74) is 2.66. The monoisotopic (exact) mass is 432 g/mol. The maximum absolute atomic E-state index is 9.60. The average Bonchev–Trinajstić information content (AvgIpc) is 2.83. The lowest BCUT2D eigenvalue weighted by Gasteiger charge is -2.41. The van der Waals surface area contributed by atoms with Crippen molar-refractivity contribution < 1.29 is 9.84 Å². The second kappa shape index (κ2) is 11.7. The van der Waals surface area contributed by atoms with E-state index < -0.39 is 0 Å². The van der Waals surface area contributed by atoms with Crippen molar-refractivity contribution in [2.45, 2.75) is 31.8 Å². The molecule has 1 unspecified atom stereocenters. The summed E-state index contributed by atoms with van der Waals surface area (Å²) in [5, 5.41) is 9.60. The smallest absolute Gasteiger partial charge is 0.321 e. The topological polar surface area (TPSA) is 61.7 Å². The summed E-state index contributed by atoms with van der Waals surface area (Å²) in [5.74, 6) is 0.737. The summed E-state index contributed by atoms with van der Waals surface area (Å²) in [7, 11) is 0. The van der Waals surface area contributed by atoms with Gasteiger partial charge in [0.25, 0.3) is 0 Å². The molecule has 6 nitrogen and oxygen atoms in total. The number of aliphatic hydroxyl groups excluding tert-OH is 1. The van der Waals surface area contributed by atoms with Crippen LogP contribution >= 0.6 is 0 Å². The normalized spacial score (nSPS) is 17.3. The van der Waals surface area contributed by atoms with Crippen LogP contribution in [-0.4, -0.2) is 63.7 Å². The van der Waals surface area contributed by atoms with E-state index in [0.717, 1.165) is 57.7 Å². The average molecular weight is 433 g/mol. The highest BCUT2D eigenvalue weighted by molar-refractivity contribution is 5.29. The molecule has 0 spiro atoms. The van der Waals surface area contributed by atoms with Crippen molar-refractivity contribution in [1.29, 1.82) is 0 Å². The quantitative estimate of drug-likeness (QED) is 0.526. The molecule has 0 amide bonds. The number of ether oxygens (including phenoxy) is 1. The van der Waals surface area contributed by atoms with E-state index in [2.05, 4.69) is 62.2 Å². The maximum atomic E-state index is 9.60.